The third-order valence-corrected chi connectivity index (χ3v) is 2.43. The molecular formula is C8H15ClO. The lowest BCUT2D eigenvalue weighted by molar-refractivity contribution is 0.0142. The van der Waals surface area contributed by atoms with Crippen LogP contribution in [0.5, 0.6) is 0 Å². The third kappa shape index (κ3) is 2.14. The summed E-state index contributed by atoms with van der Waals surface area (Å²) in [6.45, 7) is 3.08. The molecule has 1 rings (SSSR count). The van der Waals surface area contributed by atoms with Crippen LogP contribution in [-0.4, -0.2) is 18.1 Å². The molecule has 0 saturated carbocycles. The molecule has 1 heterocycles. The van der Waals surface area contributed by atoms with Gasteiger partial charge in [0.05, 0.1) is 11.5 Å². The summed E-state index contributed by atoms with van der Waals surface area (Å²) >= 11 is 6.04. The van der Waals surface area contributed by atoms with Gasteiger partial charge in [-0.15, -0.1) is 11.6 Å². The molecule has 1 aliphatic rings. The Morgan fingerprint density at radius 1 is 1.60 bits per heavy atom. The molecule has 0 amide bonds. The highest BCUT2D eigenvalue weighted by Crippen LogP contribution is 2.22. The number of hydrogen-bond acceptors (Lipinski definition) is 1. The Morgan fingerprint density at radius 3 is 3.00 bits per heavy atom. The molecular weight excluding hydrogens is 148 g/mol. The van der Waals surface area contributed by atoms with E-state index in [1.165, 1.54) is 6.42 Å². The van der Waals surface area contributed by atoms with Gasteiger partial charge in [-0.1, -0.05) is 13.3 Å². The minimum Gasteiger partial charge on any atom is -0.377 e. The molecule has 2 heteroatoms. The fourth-order valence-electron chi connectivity index (χ4n) is 1.35. The lowest BCUT2D eigenvalue weighted by Crippen LogP contribution is -2.29. The first-order chi connectivity index (χ1) is 4.84. The summed E-state index contributed by atoms with van der Waals surface area (Å²) in [5, 5.41) is 0.272. The van der Waals surface area contributed by atoms with E-state index >= 15 is 0 Å². The maximum atomic E-state index is 6.04. The largest absolute Gasteiger partial charge is 0.377 e. The fourth-order valence-corrected chi connectivity index (χ4v) is 1.71. The number of halogens is 1. The molecule has 2 unspecified atom stereocenters. The van der Waals surface area contributed by atoms with E-state index in [1.807, 2.05) is 0 Å². The van der Waals surface area contributed by atoms with Gasteiger partial charge in [-0.2, -0.15) is 0 Å². The van der Waals surface area contributed by atoms with Gasteiger partial charge in [-0.3, -0.25) is 0 Å². The second-order valence-electron chi connectivity index (χ2n) is 2.86. The topological polar surface area (TPSA) is 9.23 Å². The smallest absolute Gasteiger partial charge is 0.0738 e. The van der Waals surface area contributed by atoms with Gasteiger partial charge in [-0.05, 0) is 19.3 Å². The molecule has 0 bridgehead atoms. The number of alkyl halides is 1. The van der Waals surface area contributed by atoms with Gasteiger partial charge in [0.15, 0.2) is 0 Å². The predicted octanol–water partition coefficient (Wildman–Crippen LogP) is 2.57. The number of ether oxygens (including phenoxy) is 1. The van der Waals surface area contributed by atoms with E-state index in [2.05, 4.69) is 6.92 Å². The molecule has 0 N–H and O–H groups in total. The van der Waals surface area contributed by atoms with E-state index < -0.39 is 0 Å². The van der Waals surface area contributed by atoms with E-state index in [0.717, 1.165) is 25.9 Å². The normalized spacial score (nSPS) is 34.2. The van der Waals surface area contributed by atoms with Crippen molar-refractivity contribution in [2.45, 2.75) is 44.1 Å². The summed E-state index contributed by atoms with van der Waals surface area (Å²) in [6, 6.07) is 0. The van der Waals surface area contributed by atoms with Crippen LogP contribution in [0.15, 0.2) is 0 Å². The first-order valence-electron chi connectivity index (χ1n) is 4.10. The van der Waals surface area contributed by atoms with Crippen molar-refractivity contribution >= 4 is 11.6 Å². The fraction of sp³-hybridized carbons (Fsp3) is 1.00. The Bertz CT molecular complexity index is 93.3. The van der Waals surface area contributed by atoms with E-state index in [0.29, 0.717) is 6.10 Å². The zero-order valence-electron chi connectivity index (χ0n) is 6.48. The van der Waals surface area contributed by atoms with Crippen LogP contribution in [0.25, 0.3) is 0 Å². The Morgan fingerprint density at radius 2 is 2.40 bits per heavy atom. The van der Waals surface area contributed by atoms with Crippen molar-refractivity contribution in [2.24, 2.45) is 0 Å². The molecule has 60 valence electrons. The van der Waals surface area contributed by atoms with Crippen molar-refractivity contribution in [1.29, 1.82) is 0 Å². The average Bonchev–Trinajstić information content (AvgIpc) is 1.94. The Balaban J connectivity index is 2.25. The summed E-state index contributed by atoms with van der Waals surface area (Å²) in [4.78, 5) is 0. The van der Waals surface area contributed by atoms with Gasteiger partial charge in [0, 0.05) is 6.61 Å². The quantitative estimate of drug-likeness (QED) is 0.568. The van der Waals surface area contributed by atoms with Crippen molar-refractivity contribution in [3.05, 3.63) is 0 Å². The minimum absolute atomic E-state index is 0.272. The number of hydrogen-bond donors (Lipinski definition) is 0. The first kappa shape index (κ1) is 8.35. The van der Waals surface area contributed by atoms with Crippen LogP contribution < -0.4 is 0 Å². The van der Waals surface area contributed by atoms with Crippen LogP contribution in [0.3, 0.4) is 0 Å². The zero-order chi connectivity index (χ0) is 7.40. The Labute approximate surface area is 67.7 Å². The Hall–Kier alpha value is 0.250. The minimum atomic E-state index is 0.272. The van der Waals surface area contributed by atoms with Gasteiger partial charge in [0.2, 0.25) is 0 Å². The van der Waals surface area contributed by atoms with Crippen LogP contribution in [-0.2, 0) is 4.74 Å². The van der Waals surface area contributed by atoms with E-state index in [4.69, 9.17) is 16.3 Å². The summed E-state index contributed by atoms with van der Waals surface area (Å²) in [7, 11) is 0. The molecule has 10 heavy (non-hydrogen) atoms. The zero-order valence-corrected chi connectivity index (χ0v) is 7.23. The maximum absolute atomic E-state index is 6.04. The van der Waals surface area contributed by atoms with Crippen molar-refractivity contribution < 1.29 is 4.74 Å². The maximum Gasteiger partial charge on any atom is 0.0738 e. The number of rotatable bonds is 2. The summed E-state index contributed by atoms with van der Waals surface area (Å²) < 4.78 is 5.50. The summed E-state index contributed by atoms with van der Waals surface area (Å²) in [6.07, 6.45) is 4.89. The van der Waals surface area contributed by atoms with Gasteiger partial charge < -0.3 is 4.74 Å². The first-order valence-corrected chi connectivity index (χ1v) is 4.54. The Kier molecular flexibility index (Phi) is 3.50. The van der Waals surface area contributed by atoms with Crippen LogP contribution in [0, 0.1) is 0 Å². The molecule has 2 atom stereocenters. The van der Waals surface area contributed by atoms with Gasteiger partial charge in [0.25, 0.3) is 0 Å². The van der Waals surface area contributed by atoms with Crippen LogP contribution in [0.2, 0.25) is 0 Å². The monoisotopic (exact) mass is 162 g/mol. The van der Waals surface area contributed by atoms with Gasteiger partial charge in [-0.25, -0.2) is 0 Å². The lowest BCUT2D eigenvalue weighted by atomic mass is 10.0. The molecule has 0 aromatic carbocycles. The summed E-state index contributed by atoms with van der Waals surface area (Å²) in [5.41, 5.74) is 0. The van der Waals surface area contributed by atoms with Crippen molar-refractivity contribution in [2.75, 3.05) is 6.61 Å². The van der Waals surface area contributed by atoms with E-state index in [-0.39, 0.29) is 5.38 Å². The van der Waals surface area contributed by atoms with Gasteiger partial charge >= 0.3 is 0 Å². The van der Waals surface area contributed by atoms with Crippen LogP contribution in [0.4, 0.5) is 0 Å². The highest BCUT2D eigenvalue weighted by atomic mass is 35.5. The molecule has 0 aromatic heterocycles. The second kappa shape index (κ2) is 4.20. The standard InChI is InChI=1S/C8H15ClO/c1-2-4-8-7(9)5-3-6-10-8/h7-8H,2-6H2,1H3. The van der Waals surface area contributed by atoms with Crippen molar-refractivity contribution in [3.63, 3.8) is 0 Å². The predicted molar refractivity (Wildman–Crippen MR) is 43.5 cm³/mol. The van der Waals surface area contributed by atoms with Crippen molar-refractivity contribution in [3.8, 4) is 0 Å². The van der Waals surface area contributed by atoms with Crippen LogP contribution in [0.1, 0.15) is 32.6 Å². The molecule has 0 spiro atoms. The molecule has 0 radical (unpaired) electrons. The highest BCUT2D eigenvalue weighted by molar-refractivity contribution is 6.21. The van der Waals surface area contributed by atoms with Crippen LogP contribution >= 0.6 is 11.6 Å². The van der Waals surface area contributed by atoms with E-state index in [9.17, 15) is 0 Å². The molecule has 0 aromatic rings. The highest BCUT2D eigenvalue weighted by Gasteiger charge is 2.22. The molecule has 1 aliphatic heterocycles. The average molecular weight is 163 g/mol. The van der Waals surface area contributed by atoms with E-state index in [1.54, 1.807) is 0 Å². The third-order valence-electron chi connectivity index (χ3n) is 1.93. The molecule has 1 saturated heterocycles. The molecule has 1 fully saturated rings. The summed E-state index contributed by atoms with van der Waals surface area (Å²) in [5.74, 6) is 0. The van der Waals surface area contributed by atoms with Crippen molar-refractivity contribution in [1.82, 2.24) is 0 Å². The molecule has 0 aliphatic carbocycles. The lowest BCUT2D eigenvalue weighted by Gasteiger charge is -2.26. The second-order valence-corrected chi connectivity index (χ2v) is 3.42. The molecule has 1 nitrogen and oxygen atoms in total. The van der Waals surface area contributed by atoms with Gasteiger partial charge in [0.1, 0.15) is 0 Å². The SMILES string of the molecule is CCCC1OCCCC1Cl.